The lowest BCUT2D eigenvalue weighted by molar-refractivity contribution is 0.218. The molecule has 152 valence electrons. The van der Waals surface area contributed by atoms with E-state index < -0.39 is 0 Å². The maximum atomic E-state index is 13.0. The molecule has 2 aromatic carbocycles. The Balaban J connectivity index is 1.77. The number of hydrogen-bond acceptors (Lipinski definition) is 5. The van der Waals surface area contributed by atoms with Crippen molar-refractivity contribution in [1.82, 2.24) is 4.90 Å². The Hall–Kier alpha value is -3.48. The summed E-state index contributed by atoms with van der Waals surface area (Å²) in [6, 6.07) is 13.2. The fourth-order valence-corrected chi connectivity index (χ4v) is 3.39. The number of urea groups is 1. The summed E-state index contributed by atoms with van der Waals surface area (Å²) in [5.74, 6) is 1.38. The van der Waals surface area contributed by atoms with Crippen LogP contribution in [-0.4, -0.2) is 44.0 Å². The number of carbonyl (C=O) groups excluding carboxylic acids is 1. The van der Waals surface area contributed by atoms with Crippen molar-refractivity contribution in [2.45, 2.75) is 13.5 Å². The Morgan fingerprint density at radius 2 is 2.07 bits per heavy atom. The third kappa shape index (κ3) is 4.34. The summed E-state index contributed by atoms with van der Waals surface area (Å²) in [5, 5.41) is 7.49. The minimum absolute atomic E-state index is 0.0525. The molecule has 7 nitrogen and oxygen atoms in total. The minimum atomic E-state index is -0.0525. The standard InChI is InChI=1S/C22H26N4O3/c1-3-29-19-6-4-5-16(11-19)15-25-9-10-26(22(25)27)18-7-8-20(17(13-23)14-24)21(12-18)28-2/h4-8,11-14,23H,3,9-10,15,24H2,1-2H3/b17-14+,23-13?. The Morgan fingerprint density at radius 1 is 1.24 bits per heavy atom. The second-order valence-electron chi connectivity index (χ2n) is 6.59. The number of nitrogens with two attached hydrogens (primary N) is 1. The zero-order valence-electron chi connectivity index (χ0n) is 16.7. The van der Waals surface area contributed by atoms with Gasteiger partial charge in [-0.3, -0.25) is 4.90 Å². The van der Waals surface area contributed by atoms with Crippen LogP contribution in [-0.2, 0) is 6.54 Å². The van der Waals surface area contributed by atoms with Crippen LogP contribution in [0, 0.1) is 5.41 Å². The highest BCUT2D eigenvalue weighted by molar-refractivity contribution is 6.09. The van der Waals surface area contributed by atoms with Gasteiger partial charge in [-0.05, 0) is 36.8 Å². The van der Waals surface area contributed by atoms with Crippen LogP contribution >= 0.6 is 0 Å². The van der Waals surface area contributed by atoms with Gasteiger partial charge >= 0.3 is 6.03 Å². The maximum Gasteiger partial charge on any atom is 0.324 e. The van der Waals surface area contributed by atoms with Gasteiger partial charge in [0.15, 0.2) is 0 Å². The maximum absolute atomic E-state index is 13.0. The smallest absolute Gasteiger partial charge is 0.324 e. The molecule has 0 unspecified atom stereocenters. The minimum Gasteiger partial charge on any atom is -0.496 e. The predicted molar refractivity (Wildman–Crippen MR) is 115 cm³/mol. The normalized spacial score (nSPS) is 14.3. The molecule has 3 rings (SSSR count). The van der Waals surface area contributed by atoms with Crippen molar-refractivity contribution in [2.24, 2.45) is 5.73 Å². The summed E-state index contributed by atoms with van der Waals surface area (Å²) in [4.78, 5) is 16.5. The van der Waals surface area contributed by atoms with Crippen molar-refractivity contribution in [3.8, 4) is 11.5 Å². The van der Waals surface area contributed by atoms with Crippen molar-refractivity contribution < 1.29 is 14.3 Å². The first-order valence-electron chi connectivity index (χ1n) is 9.50. The van der Waals surface area contributed by atoms with E-state index >= 15 is 0 Å². The van der Waals surface area contributed by atoms with Gasteiger partial charge < -0.3 is 25.5 Å². The van der Waals surface area contributed by atoms with Gasteiger partial charge in [0, 0.05) is 54.9 Å². The van der Waals surface area contributed by atoms with Crippen molar-refractivity contribution >= 4 is 23.5 Å². The molecule has 1 aliphatic heterocycles. The fourth-order valence-electron chi connectivity index (χ4n) is 3.39. The van der Waals surface area contributed by atoms with Crippen molar-refractivity contribution in [3.63, 3.8) is 0 Å². The number of ether oxygens (including phenoxy) is 2. The lowest BCUT2D eigenvalue weighted by atomic mass is 10.1. The number of allylic oxidation sites excluding steroid dienone is 1. The lowest BCUT2D eigenvalue weighted by Crippen LogP contribution is -2.31. The van der Waals surface area contributed by atoms with E-state index in [1.54, 1.807) is 18.1 Å². The van der Waals surface area contributed by atoms with Crippen LogP contribution in [0.25, 0.3) is 5.57 Å². The van der Waals surface area contributed by atoms with E-state index in [1.807, 2.05) is 48.2 Å². The average Bonchev–Trinajstić information content (AvgIpc) is 3.10. The first-order chi connectivity index (χ1) is 14.1. The zero-order valence-corrected chi connectivity index (χ0v) is 16.7. The summed E-state index contributed by atoms with van der Waals surface area (Å²) < 4.78 is 11.0. The molecule has 0 radical (unpaired) electrons. The Morgan fingerprint density at radius 3 is 2.76 bits per heavy atom. The van der Waals surface area contributed by atoms with Gasteiger partial charge in [0.05, 0.1) is 13.7 Å². The third-order valence-corrected chi connectivity index (χ3v) is 4.82. The fraction of sp³-hybridized carbons (Fsp3) is 0.273. The molecule has 0 spiro atoms. The van der Waals surface area contributed by atoms with E-state index in [4.69, 9.17) is 20.6 Å². The number of carbonyl (C=O) groups is 1. The molecule has 1 fully saturated rings. The van der Waals surface area contributed by atoms with Crippen LogP contribution in [0.5, 0.6) is 11.5 Å². The van der Waals surface area contributed by atoms with Crippen molar-refractivity contribution in [3.05, 3.63) is 59.8 Å². The Bertz CT molecular complexity index is 926. The van der Waals surface area contributed by atoms with Crippen molar-refractivity contribution in [1.29, 1.82) is 5.41 Å². The highest BCUT2D eigenvalue weighted by atomic mass is 16.5. The largest absolute Gasteiger partial charge is 0.496 e. The third-order valence-electron chi connectivity index (χ3n) is 4.82. The monoisotopic (exact) mass is 394 g/mol. The molecule has 3 N–H and O–H groups in total. The molecule has 0 aromatic heterocycles. The van der Waals surface area contributed by atoms with Gasteiger partial charge in [0.2, 0.25) is 0 Å². The molecule has 2 amide bonds. The summed E-state index contributed by atoms with van der Waals surface area (Å²) in [6.45, 7) is 4.31. The van der Waals surface area contributed by atoms with Crippen LogP contribution in [0.2, 0.25) is 0 Å². The van der Waals surface area contributed by atoms with E-state index in [-0.39, 0.29) is 6.03 Å². The number of nitrogens with zero attached hydrogens (tertiary/aromatic N) is 2. The van der Waals surface area contributed by atoms with Crippen LogP contribution < -0.4 is 20.1 Å². The highest BCUT2D eigenvalue weighted by Crippen LogP contribution is 2.31. The summed E-state index contributed by atoms with van der Waals surface area (Å²) in [7, 11) is 1.56. The van der Waals surface area contributed by atoms with E-state index in [1.165, 1.54) is 12.4 Å². The number of nitrogens with one attached hydrogen (secondary N) is 1. The zero-order chi connectivity index (χ0) is 20.8. The summed E-state index contributed by atoms with van der Waals surface area (Å²) in [6.07, 6.45) is 2.54. The molecule has 0 atom stereocenters. The first-order valence-corrected chi connectivity index (χ1v) is 9.50. The van der Waals surface area contributed by atoms with E-state index in [2.05, 4.69) is 0 Å². The predicted octanol–water partition coefficient (Wildman–Crippen LogP) is 3.49. The average molecular weight is 394 g/mol. The van der Waals surface area contributed by atoms with Gasteiger partial charge in [-0.15, -0.1) is 0 Å². The Kier molecular flexibility index (Phi) is 6.39. The molecule has 1 heterocycles. The molecule has 0 bridgehead atoms. The quantitative estimate of drug-likeness (QED) is 0.671. The molecule has 1 aliphatic rings. The van der Waals surface area contributed by atoms with E-state index in [0.29, 0.717) is 43.1 Å². The highest BCUT2D eigenvalue weighted by Gasteiger charge is 2.30. The van der Waals surface area contributed by atoms with Crippen molar-refractivity contribution in [2.75, 3.05) is 31.7 Å². The number of hydrogen-bond donors (Lipinski definition) is 2. The van der Waals surface area contributed by atoms with Gasteiger partial charge in [0.1, 0.15) is 11.5 Å². The van der Waals surface area contributed by atoms with Crippen LogP contribution in [0.15, 0.2) is 48.7 Å². The van der Waals surface area contributed by atoms with E-state index in [0.717, 1.165) is 17.0 Å². The molecule has 1 saturated heterocycles. The van der Waals surface area contributed by atoms with E-state index in [9.17, 15) is 4.79 Å². The SMILES string of the molecule is CCOc1cccc(CN2CCN(c3ccc(/C(C=N)=C/N)c(OC)c3)C2=O)c1. The number of amides is 2. The molecule has 29 heavy (non-hydrogen) atoms. The topological polar surface area (TPSA) is 91.9 Å². The van der Waals surface area contributed by atoms with Crippen LogP contribution in [0.4, 0.5) is 10.5 Å². The van der Waals surface area contributed by atoms with Crippen LogP contribution in [0.3, 0.4) is 0 Å². The number of methoxy groups -OCH3 is 1. The van der Waals surface area contributed by atoms with Crippen LogP contribution in [0.1, 0.15) is 18.1 Å². The van der Waals surface area contributed by atoms with Gasteiger partial charge in [-0.1, -0.05) is 12.1 Å². The number of benzene rings is 2. The molecule has 7 heteroatoms. The molecule has 0 saturated carbocycles. The molecule has 2 aromatic rings. The first kappa shape index (κ1) is 20.3. The summed E-state index contributed by atoms with van der Waals surface area (Å²) in [5.41, 5.74) is 8.64. The Labute approximate surface area is 170 Å². The molecular formula is C22H26N4O3. The second kappa shape index (κ2) is 9.14. The molecule has 0 aliphatic carbocycles. The second-order valence-corrected chi connectivity index (χ2v) is 6.59. The number of anilines is 1. The number of rotatable bonds is 8. The van der Waals surface area contributed by atoms with Gasteiger partial charge in [-0.25, -0.2) is 4.79 Å². The summed E-state index contributed by atoms with van der Waals surface area (Å²) >= 11 is 0. The van der Waals surface area contributed by atoms with Gasteiger partial charge in [0.25, 0.3) is 0 Å². The van der Waals surface area contributed by atoms with Gasteiger partial charge in [-0.2, -0.15) is 0 Å². The molecular weight excluding hydrogens is 368 g/mol. The lowest BCUT2D eigenvalue weighted by Gasteiger charge is -2.20.